The maximum Gasteiger partial charge on any atom is 0.338 e. The molecule has 0 aromatic heterocycles. The highest BCUT2D eigenvalue weighted by molar-refractivity contribution is 5.89. The Balaban J connectivity index is 2.06. The van der Waals surface area contributed by atoms with Crippen molar-refractivity contribution in [1.82, 2.24) is 0 Å². The van der Waals surface area contributed by atoms with Gasteiger partial charge in [-0.3, -0.25) is 9.59 Å². The summed E-state index contributed by atoms with van der Waals surface area (Å²) >= 11 is 0. The fraction of sp³-hybridized carbons (Fsp3) is 0.389. The third kappa shape index (κ3) is 4.22. The number of rotatable bonds is 6. The number of carbonyl (C=O) groups is 3. The Morgan fingerprint density at radius 1 is 1.17 bits per heavy atom. The number of hydrogen-bond acceptors (Lipinski definition) is 5. The lowest BCUT2D eigenvalue weighted by Gasteiger charge is -2.30. The Morgan fingerprint density at radius 2 is 1.88 bits per heavy atom. The van der Waals surface area contributed by atoms with Crippen molar-refractivity contribution < 1.29 is 29.0 Å². The monoisotopic (exact) mass is 332 g/mol. The Morgan fingerprint density at radius 3 is 2.50 bits per heavy atom. The van der Waals surface area contributed by atoms with E-state index < -0.39 is 35.7 Å². The van der Waals surface area contributed by atoms with Gasteiger partial charge in [0.15, 0.2) is 0 Å². The highest BCUT2D eigenvalue weighted by Crippen LogP contribution is 2.32. The highest BCUT2D eigenvalue weighted by Gasteiger charge is 2.41. The summed E-state index contributed by atoms with van der Waals surface area (Å²) in [5.74, 6) is -4.47. The molecule has 1 aliphatic rings. The lowest BCUT2D eigenvalue weighted by Crippen LogP contribution is -2.39. The molecular formula is C18H20O6. The number of hydrogen-bond donors (Lipinski definition) is 1. The Kier molecular flexibility index (Phi) is 6.12. The van der Waals surface area contributed by atoms with Gasteiger partial charge in [0.05, 0.1) is 30.6 Å². The van der Waals surface area contributed by atoms with Crippen molar-refractivity contribution >= 4 is 17.9 Å². The number of carbonyl (C=O) groups excluding carboxylic acids is 2. The van der Waals surface area contributed by atoms with Crippen LogP contribution in [0.5, 0.6) is 0 Å². The molecule has 6 heteroatoms. The predicted octanol–water partition coefficient (Wildman–Crippen LogP) is 2.30. The quantitative estimate of drug-likeness (QED) is 0.635. The summed E-state index contributed by atoms with van der Waals surface area (Å²) in [4.78, 5) is 35.6. The smallest absolute Gasteiger partial charge is 0.338 e. The number of esters is 2. The van der Waals surface area contributed by atoms with Crippen LogP contribution in [0.4, 0.5) is 0 Å². The van der Waals surface area contributed by atoms with Crippen molar-refractivity contribution in [1.29, 1.82) is 0 Å². The van der Waals surface area contributed by atoms with Crippen LogP contribution >= 0.6 is 0 Å². The first-order chi connectivity index (χ1) is 11.5. The minimum Gasteiger partial charge on any atom is -0.481 e. The van der Waals surface area contributed by atoms with E-state index in [0.29, 0.717) is 12.0 Å². The average molecular weight is 332 g/mol. The predicted molar refractivity (Wildman–Crippen MR) is 85.2 cm³/mol. The second-order valence-electron chi connectivity index (χ2n) is 5.51. The summed E-state index contributed by atoms with van der Waals surface area (Å²) in [6, 6.07) is 8.46. The van der Waals surface area contributed by atoms with Gasteiger partial charge in [0.1, 0.15) is 0 Å². The summed E-state index contributed by atoms with van der Waals surface area (Å²) in [5, 5.41) is 9.50. The molecule has 1 aliphatic carbocycles. The van der Waals surface area contributed by atoms with Gasteiger partial charge >= 0.3 is 17.9 Å². The fourth-order valence-electron chi connectivity index (χ4n) is 2.80. The molecule has 0 saturated carbocycles. The van der Waals surface area contributed by atoms with Crippen molar-refractivity contribution in [3.05, 3.63) is 48.0 Å². The van der Waals surface area contributed by atoms with E-state index >= 15 is 0 Å². The molecular weight excluding hydrogens is 312 g/mol. The van der Waals surface area contributed by atoms with E-state index in [1.54, 1.807) is 49.4 Å². The van der Waals surface area contributed by atoms with E-state index in [2.05, 4.69) is 0 Å². The third-order valence-corrected chi connectivity index (χ3v) is 3.96. The van der Waals surface area contributed by atoms with Crippen LogP contribution in [0.15, 0.2) is 42.5 Å². The minimum absolute atomic E-state index is 0.100. The molecule has 0 radical (unpaired) electrons. The fourth-order valence-corrected chi connectivity index (χ4v) is 2.80. The zero-order valence-corrected chi connectivity index (χ0v) is 13.4. The van der Waals surface area contributed by atoms with E-state index in [9.17, 15) is 19.5 Å². The minimum atomic E-state index is -1.10. The van der Waals surface area contributed by atoms with E-state index in [1.807, 2.05) is 0 Å². The van der Waals surface area contributed by atoms with Crippen molar-refractivity contribution in [2.75, 3.05) is 13.2 Å². The summed E-state index contributed by atoms with van der Waals surface area (Å²) < 4.78 is 10.2. The molecule has 128 valence electrons. The maximum atomic E-state index is 12.0. The van der Waals surface area contributed by atoms with Gasteiger partial charge in [0.25, 0.3) is 0 Å². The van der Waals surface area contributed by atoms with Crippen molar-refractivity contribution in [2.45, 2.75) is 13.3 Å². The van der Waals surface area contributed by atoms with Gasteiger partial charge in [-0.25, -0.2) is 4.79 Å². The van der Waals surface area contributed by atoms with Gasteiger partial charge in [-0.05, 0) is 25.5 Å². The van der Waals surface area contributed by atoms with Gasteiger partial charge < -0.3 is 14.6 Å². The second kappa shape index (κ2) is 8.29. The first kappa shape index (κ1) is 17.7. The molecule has 0 heterocycles. The van der Waals surface area contributed by atoms with Crippen molar-refractivity contribution in [2.24, 2.45) is 17.8 Å². The third-order valence-electron chi connectivity index (χ3n) is 3.96. The lowest BCUT2D eigenvalue weighted by atomic mass is 9.76. The number of benzene rings is 1. The van der Waals surface area contributed by atoms with Gasteiger partial charge in [-0.15, -0.1) is 0 Å². The second-order valence-corrected chi connectivity index (χ2v) is 5.51. The first-order valence-corrected chi connectivity index (χ1v) is 7.82. The van der Waals surface area contributed by atoms with Crippen LogP contribution in [0.1, 0.15) is 23.7 Å². The van der Waals surface area contributed by atoms with Crippen LogP contribution in [-0.2, 0) is 19.1 Å². The van der Waals surface area contributed by atoms with Crippen molar-refractivity contribution in [3.63, 3.8) is 0 Å². The summed E-state index contributed by atoms with van der Waals surface area (Å²) in [7, 11) is 0. The standard InChI is InChI=1S/C18H20O6/c1-2-23-18(22)14-10-6-9-13(15(14)16(19)20)11-24-17(21)12-7-4-3-5-8-12/h3-9,13-15H,2,10-11H2,1H3,(H,19,20)/t13-,14+,15-/m0/s1. The average Bonchev–Trinajstić information content (AvgIpc) is 2.60. The topological polar surface area (TPSA) is 89.9 Å². The van der Waals surface area contributed by atoms with Gasteiger partial charge in [0, 0.05) is 5.92 Å². The van der Waals surface area contributed by atoms with E-state index in [1.165, 1.54) is 0 Å². The molecule has 0 aliphatic heterocycles. The molecule has 0 fully saturated rings. The number of carboxylic acid groups (broad SMARTS) is 1. The molecule has 1 aromatic rings. The van der Waals surface area contributed by atoms with Crippen LogP contribution in [-0.4, -0.2) is 36.2 Å². The molecule has 0 amide bonds. The zero-order valence-electron chi connectivity index (χ0n) is 13.4. The zero-order chi connectivity index (χ0) is 17.5. The first-order valence-electron chi connectivity index (χ1n) is 7.82. The maximum absolute atomic E-state index is 12.0. The molecule has 2 rings (SSSR count). The van der Waals surface area contributed by atoms with Gasteiger partial charge in [-0.1, -0.05) is 30.4 Å². The normalized spacial score (nSPS) is 22.6. The Bertz CT molecular complexity index is 622. The summed E-state index contributed by atoms with van der Waals surface area (Å²) in [6.07, 6.45) is 3.73. The van der Waals surface area contributed by atoms with Gasteiger partial charge in [0.2, 0.25) is 0 Å². The molecule has 6 nitrogen and oxygen atoms in total. The van der Waals surface area contributed by atoms with E-state index in [-0.39, 0.29) is 13.2 Å². The van der Waals surface area contributed by atoms with Crippen molar-refractivity contribution in [3.8, 4) is 0 Å². The molecule has 1 aromatic carbocycles. The molecule has 0 unspecified atom stereocenters. The lowest BCUT2D eigenvalue weighted by molar-refractivity contribution is -0.159. The Labute approximate surface area is 140 Å². The van der Waals surface area contributed by atoms with E-state index in [4.69, 9.17) is 9.47 Å². The molecule has 1 N–H and O–H groups in total. The van der Waals surface area contributed by atoms with Gasteiger partial charge in [-0.2, -0.15) is 0 Å². The summed E-state index contributed by atoms with van der Waals surface area (Å²) in [6.45, 7) is 1.77. The van der Waals surface area contributed by atoms with Crippen LogP contribution in [0.25, 0.3) is 0 Å². The molecule has 0 saturated heterocycles. The van der Waals surface area contributed by atoms with Crippen LogP contribution in [0.2, 0.25) is 0 Å². The number of carboxylic acids is 1. The highest BCUT2D eigenvalue weighted by atomic mass is 16.5. The molecule has 0 bridgehead atoms. The Hall–Kier alpha value is -2.63. The summed E-state index contributed by atoms with van der Waals surface area (Å²) in [5.41, 5.74) is 0.395. The van der Waals surface area contributed by atoms with Crippen LogP contribution in [0.3, 0.4) is 0 Å². The number of aliphatic carboxylic acids is 1. The molecule has 0 spiro atoms. The van der Waals surface area contributed by atoms with Crippen LogP contribution < -0.4 is 0 Å². The molecule has 3 atom stereocenters. The SMILES string of the molecule is CCOC(=O)[C@@H]1CC=C[C@@H](COC(=O)c2ccccc2)[C@@H]1C(=O)O. The number of ether oxygens (including phenoxy) is 2. The number of allylic oxidation sites excluding steroid dienone is 1. The van der Waals surface area contributed by atoms with E-state index in [0.717, 1.165) is 0 Å². The largest absolute Gasteiger partial charge is 0.481 e. The molecule has 24 heavy (non-hydrogen) atoms. The van der Waals surface area contributed by atoms with Crippen LogP contribution in [0, 0.1) is 17.8 Å².